The Balaban J connectivity index is 2.08. The number of rotatable bonds is 15. The zero-order valence-corrected chi connectivity index (χ0v) is 22.0. The van der Waals surface area contributed by atoms with Crippen LogP contribution in [-0.4, -0.2) is 50.7 Å². The van der Waals surface area contributed by atoms with E-state index in [2.05, 4.69) is 16.1 Å². The fraction of sp³-hybridized carbons (Fsp3) is 0.444. The molecule has 0 radical (unpaired) electrons. The van der Waals surface area contributed by atoms with Gasteiger partial charge in [-0.05, 0) is 37.0 Å². The van der Waals surface area contributed by atoms with E-state index in [-0.39, 0.29) is 25.7 Å². The largest absolute Gasteiger partial charge is 0.497 e. The van der Waals surface area contributed by atoms with Gasteiger partial charge in [-0.15, -0.1) is 0 Å². The van der Waals surface area contributed by atoms with E-state index < -0.39 is 29.9 Å². The number of amides is 2. The quantitative estimate of drug-likeness (QED) is 0.188. The molecule has 2 aromatic carbocycles. The number of esters is 1. The number of hydroxylamine groups is 1. The molecule has 10 heteroatoms. The van der Waals surface area contributed by atoms with Gasteiger partial charge in [-0.25, -0.2) is 4.79 Å². The van der Waals surface area contributed by atoms with Crippen molar-refractivity contribution in [2.24, 2.45) is 5.92 Å². The van der Waals surface area contributed by atoms with Crippen molar-refractivity contribution >= 4 is 17.8 Å². The van der Waals surface area contributed by atoms with Crippen LogP contribution in [0, 0.1) is 5.92 Å². The second-order valence-electron chi connectivity index (χ2n) is 8.66. The third-order valence-electron chi connectivity index (χ3n) is 5.35. The molecule has 0 aliphatic heterocycles. The van der Waals surface area contributed by atoms with Crippen molar-refractivity contribution in [2.75, 3.05) is 20.8 Å². The van der Waals surface area contributed by atoms with Crippen LogP contribution in [-0.2, 0) is 37.1 Å². The van der Waals surface area contributed by atoms with Gasteiger partial charge in [0.15, 0.2) is 0 Å². The molecule has 1 unspecified atom stereocenters. The van der Waals surface area contributed by atoms with Crippen LogP contribution >= 0.6 is 0 Å². The molecule has 10 nitrogen and oxygen atoms in total. The number of methoxy groups -OCH3 is 2. The van der Waals surface area contributed by atoms with Gasteiger partial charge in [0.25, 0.3) is 5.91 Å². The first-order valence-electron chi connectivity index (χ1n) is 12.2. The Kier molecular flexibility index (Phi) is 12.4. The Morgan fingerprint density at radius 1 is 0.946 bits per heavy atom. The van der Waals surface area contributed by atoms with Crippen LogP contribution in [0.4, 0.5) is 0 Å². The van der Waals surface area contributed by atoms with Crippen LogP contribution in [0.5, 0.6) is 11.5 Å². The van der Waals surface area contributed by atoms with Crippen molar-refractivity contribution < 1.29 is 33.4 Å². The van der Waals surface area contributed by atoms with Crippen LogP contribution in [0.3, 0.4) is 0 Å². The number of hydrogen-bond acceptors (Lipinski definition) is 8. The first kappa shape index (κ1) is 29.6. The maximum Gasteiger partial charge on any atom is 0.338 e. The minimum Gasteiger partial charge on any atom is -0.497 e. The van der Waals surface area contributed by atoms with E-state index in [1.165, 1.54) is 14.2 Å². The van der Waals surface area contributed by atoms with E-state index in [0.717, 1.165) is 5.56 Å². The average Bonchev–Trinajstić information content (AvgIpc) is 2.90. The van der Waals surface area contributed by atoms with Crippen molar-refractivity contribution in [2.45, 2.75) is 52.4 Å². The van der Waals surface area contributed by atoms with Gasteiger partial charge in [-0.1, -0.05) is 44.2 Å². The topological polar surface area (TPSA) is 124 Å². The lowest BCUT2D eigenvalue weighted by molar-refractivity contribution is -0.152. The first-order valence-corrected chi connectivity index (χ1v) is 12.2. The molecule has 0 aromatic heterocycles. The highest BCUT2D eigenvalue weighted by Gasteiger charge is 2.32. The van der Waals surface area contributed by atoms with Crippen molar-refractivity contribution in [3.8, 4) is 11.5 Å². The highest BCUT2D eigenvalue weighted by Crippen LogP contribution is 2.24. The van der Waals surface area contributed by atoms with E-state index in [4.69, 9.17) is 19.0 Å². The Morgan fingerprint density at radius 3 is 2.30 bits per heavy atom. The second kappa shape index (κ2) is 15.5. The molecule has 2 aromatic rings. The summed E-state index contributed by atoms with van der Waals surface area (Å²) in [4.78, 5) is 44.2. The normalized spacial score (nSPS) is 12.4. The standard InChI is InChI=1S/C27H37N3O7/c1-6-36-27(33)24(26(32)28-16-20-12-13-21(34-4)15-23(20)35-5)29-25(31)22(14-18(2)3)30-37-17-19-10-8-7-9-11-19/h7-13,15,18,22,24,30H,6,14,16-17H2,1-5H3,(H,28,32)(H,29,31)/t22-,24?/m0/s1. The van der Waals surface area contributed by atoms with E-state index in [9.17, 15) is 14.4 Å². The SMILES string of the molecule is CCOC(=O)C(NC(=O)[C@H](CC(C)C)NOCc1ccccc1)C(=O)NCc1ccc(OC)cc1OC. The van der Waals surface area contributed by atoms with Crippen molar-refractivity contribution in [1.29, 1.82) is 0 Å². The molecule has 0 saturated carbocycles. The molecule has 2 amide bonds. The van der Waals surface area contributed by atoms with Gasteiger partial charge in [0.2, 0.25) is 11.9 Å². The van der Waals surface area contributed by atoms with E-state index in [1.54, 1.807) is 25.1 Å². The Hall–Kier alpha value is -3.63. The van der Waals surface area contributed by atoms with Crippen molar-refractivity contribution in [3.05, 3.63) is 59.7 Å². The molecule has 0 spiro atoms. The number of carbonyl (C=O) groups is 3. The minimum atomic E-state index is -1.54. The Morgan fingerprint density at radius 2 is 1.68 bits per heavy atom. The molecular weight excluding hydrogens is 478 g/mol. The lowest BCUT2D eigenvalue weighted by Gasteiger charge is -2.23. The van der Waals surface area contributed by atoms with Gasteiger partial charge >= 0.3 is 5.97 Å². The summed E-state index contributed by atoms with van der Waals surface area (Å²) in [5.41, 5.74) is 4.37. The summed E-state index contributed by atoms with van der Waals surface area (Å²) >= 11 is 0. The van der Waals surface area contributed by atoms with Gasteiger partial charge in [0, 0.05) is 18.2 Å². The lowest BCUT2D eigenvalue weighted by Crippen LogP contribution is -2.56. The Bertz CT molecular complexity index is 1010. The third kappa shape index (κ3) is 9.74. The molecule has 0 heterocycles. The number of benzene rings is 2. The summed E-state index contributed by atoms with van der Waals surface area (Å²) in [6.45, 7) is 5.89. The van der Waals surface area contributed by atoms with Crippen molar-refractivity contribution in [1.82, 2.24) is 16.1 Å². The summed E-state index contributed by atoms with van der Waals surface area (Å²) in [6, 6.07) is 12.3. The Labute approximate surface area is 218 Å². The maximum atomic E-state index is 13.1. The predicted molar refractivity (Wildman–Crippen MR) is 138 cm³/mol. The molecular formula is C27H37N3O7. The molecule has 0 aliphatic rings. The zero-order valence-electron chi connectivity index (χ0n) is 22.0. The highest BCUT2D eigenvalue weighted by molar-refractivity contribution is 6.05. The summed E-state index contributed by atoms with van der Waals surface area (Å²) in [6.07, 6.45) is 0.417. The first-order chi connectivity index (χ1) is 17.8. The number of ether oxygens (including phenoxy) is 3. The summed E-state index contributed by atoms with van der Waals surface area (Å²) in [5.74, 6) is -0.880. The summed E-state index contributed by atoms with van der Waals surface area (Å²) in [5, 5.41) is 5.19. The van der Waals surface area contributed by atoms with Crippen LogP contribution in [0.2, 0.25) is 0 Å². The summed E-state index contributed by atoms with van der Waals surface area (Å²) < 4.78 is 15.6. The van der Waals surface area contributed by atoms with Crippen LogP contribution < -0.4 is 25.6 Å². The molecule has 37 heavy (non-hydrogen) atoms. The molecule has 0 saturated heterocycles. The van der Waals surface area contributed by atoms with E-state index in [1.807, 2.05) is 44.2 Å². The highest BCUT2D eigenvalue weighted by atomic mass is 16.6. The average molecular weight is 516 g/mol. The van der Waals surface area contributed by atoms with Crippen LogP contribution in [0.25, 0.3) is 0 Å². The predicted octanol–water partition coefficient (Wildman–Crippen LogP) is 2.50. The molecule has 0 fully saturated rings. The minimum absolute atomic E-state index is 0.0542. The molecule has 202 valence electrons. The zero-order chi connectivity index (χ0) is 27.2. The molecule has 0 bridgehead atoms. The number of nitrogens with one attached hydrogen (secondary N) is 3. The second-order valence-corrected chi connectivity index (χ2v) is 8.66. The fourth-order valence-corrected chi connectivity index (χ4v) is 3.46. The van der Waals surface area contributed by atoms with E-state index >= 15 is 0 Å². The molecule has 2 rings (SSSR count). The smallest absolute Gasteiger partial charge is 0.338 e. The van der Waals surface area contributed by atoms with E-state index in [0.29, 0.717) is 23.5 Å². The maximum absolute atomic E-state index is 13.1. The summed E-state index contributed by atoms with van der Waals surface area (Å²) in [7, 11) is 3.04. The van der Waals surface area contributed by atoms with Gasteiger partial charge in [0.05, 0.1) is 27.4 Å². The molecule has 0 aliphatic carbocycles. The third-order valence-corrected chi connectivity index (χ3v) is 5.35. The molecule has 2 atom stereocenters. The molecule has 3 N–H and O–H groups in total. The fourth-order valence-electron chi connectivity index (χ4n) is 3.46. The van der Waals surface area contributed by atoms with Gasteiger partial charge < -0.3 is 24.8 Å². The van der Waals surface area contributed by atoms with Crippen molar-refractivity contribution in [3.63, 3.8) is 0 Å². The van der Waals surface area contributed by atoms with Crippen LogP contribution in [0.15, 0.2) is 48.5 Å². The van der Waals surface area contributed by atoms with Gasteiger partial charge in [0.1, 0.15) is 17.5 Å². The number of hydrogen-bond donors (Lipinski definition) is 3. The lowest BCUT2D eigenvalue weighted by atomic mass is 10.0. The van der Waals surface area contributed by atoms with Gasteiger partial charge in [-0.3, -0.25) is 14.4 Å². The van der Waals surface area contributed by atoms with Crippen LogP contribution in [0.1, 0.15) is 38.3 Å². The monoisotopic (exact) mass is 515 g/mol. The number of carbonyl (C=O) groups excluding carboxylic acids is 3. The van der Waals surface area contributed by atoms with Gasteiger partial charge in [-0.2, -0.15) is 5.48 Å².